The summed E-state index contributed by atoms with van der Waals surface area (Å²) in [6.07, 6.45) is 8.42. The molecule has 0 bridgehead atoms. The van der Waals surface area contributed by atoms with Crippen LogP contribution in [0, 0.1) is 23.2 Å². The first kappa shape index (κ1) is 12.7. The molecule has 1 heteroatoms. The molecule has 20 heavy (non-hydrogen) atoms. The van der Waals surface area contributed by atoms with Crippen molar-refractivity contribution in [1.29, 1.82) is 0 Å². The summed E-state index contributed by atoms with van der Waals surface area (Å²) in [5, 5.41) is 0. The lowest BCUT2D eigenvalue weighted by atomic mass is 9.54. The highest BCUT2D eigenvalue weighted by Gasteiger charge is 2.53. The average molecular weight is 269 g/mol. The van der Waals surface area contributed by atoms with Crippen molar-refractivity contribution in [2.24, 2.45) is 23.2 Å². The van der Waals surface area contributed by atoms with Crippen LogP contribution in [0.4, 0.5) is 5.69 Å². The van der Waals surface area contributed by atoms with Crippen LogP contribution in [0.15, 0.2) is 18.2 Å². The Kier molecular flexibility index (Phi) is 2.71. The number of fused-ring (bicyclic) bond motifs is 5. The molecule has 0 amide bonds. The van der Waals surface area contributed by atoms with Crippen molar-refractivity contribution in [3.05, 3.63) is 29.3 Å². The Morgan fingerprint density at radius 1 is 1.15 bits per heavy atom. The minimum absolute atomic E-state index is 0.631. The topological polar surface area (TPSA) is 26.0 Å². The number of hydrogen-bond acceptors (Lipinski definition) is 1. The molecule has 5 atom stereocenters. The van der Waals surface area contributed by atoms with Crippen molar-refractivity contribution in [1.82, 2.24) is 0 Å². The third kappa shape index (κ3) is 1.61. The van der Waals surface area contributed by atoms with Gasteiger partial charge in [0.2, 0.25) is 0 Å². The molecule has 3 aliphatic carbocycles. The molecule has 2 saturated carbocycles. The van der Waals surface area contributed by atoms with E-state index >= 15 is 0 Å². The summed E-state index contributed by atoms with van der Waals surface area (Å²) in [5.41, 5.74) is 10.7. The maximum Gasteiger partial charge on any atom is 0.0316 e. The Bertz CT molecular complexity index is 535. The van der Waals surface area contributed by atoms with Gasteiger partial charge in [0.05, 0.1) is 0 Å². The Hall–Kier alpha value is -0.980. The van der Waals surface area contributed by atoms with Crippen LogP contribution in [0.1, 0.15) is 63.0 Å². The molecule has 0 aliphatic heterocycles. The molecular formula is C19H27N. The zero-order valence-electron chi connectivity index (χ0n) is 12.9. The van der Waals surface area contributed by atoms with Gasteiger partial charge in [0, 0.05) is 5.69 Å². The lowest BCUT2D eigenvalue weighted by Crippen LogP contribution is -2.41. The Balaban J connectivity index is 1.71. The van der Waals surface area contributed by atoms with E-state index in [9.17, 15) is 0 Å². The van der Waals surface area contributed by atoms with Gasteiger partial charge in [-0.2, -0.15) is 0 Å². The van der Waals surface area contributed by atoms with E-state index in [1.807, 2.05) is 0 Å². The summed E-state index contributed by atoms with van der Waals surface area (Å²) in [6.45, 7) is 5.09. The van der Waals surface area contributed by atoms with Gasteiger partial charge in [-0.3, -0.25) is 0 Å². The van der Waals surface area contributed by atoms with Crippen molar-refractivity contribution >= 4 is 5.69 Å². The van der Waals surface area contributed by atoms with Crippen LogP contribution in [0.2, 0.25) is 0 Å². The number of benzene rings is 1. The quantitative estimate of drug-likeness (QED) is 0.675. The molecular weight excluding hydrogens is 242 g/mol. The standard InChI is InChI=1S/C19H27N/c1-12-3-8-18-17-6-4-13-11-14(20)5-7-15(13)16(17)9-10-19(12,18)2/h5,7,11-12,16-18H,3-4,6,8-10,20H2,1-2H3/t12?,16?,17?,18?,19-/m1/s1. The lowest BCUT2D eigenvalue weighted by Gasteiger charge is -2.50. The van der Waals surface area contributed by atoms with Crippen molar-refractivity contribution in [2.45, 2.75) is 58.3 Å². The summed E-state index contributed by atoms with van der Waals surface area (Å²) < 4.78 is 0. The van der Waals surface area contributed by atoms with Crippen LogP contribution in [0.5, 0.6) is 0 Å². The molecule has 0 spiro atoms. The van der Waals surface area contributed by atoms with Crippen LogP contribution in [0.25, 0.3) is 0 Å². The predicted octanol–water partition coefficient (Wildman–Crippen LogP) is 4.76. The van der Waals surface area contributed by atoms with Crippen LogP contribution >= 0.6 is 0 Å². The molecule has 1 aromatic carbocycles. The van der Waals surface area contributed by atoms with E-state index in [1.54, 1.807) is 11.1 Å². The number of rotatable bonds is 0. The summed E-state index contributed by atoms with van der Waals surface area (Å²) in [6, 6.07) is 6.69. The van der Waals surface area contributed by atoms with Gasteiger partial charge in [-0.15, -0.1) is 0 Å². The number of anilines is 1. The first-order valence-electron chi connectivity index (χ1n) is 8.48. The zero-order chi connectivity index (χ0) is 13.9. The number of nitrogen functional groups attached to an aromatic ring is 1. The van der Waals surface area contributed by atoms with Crippen LogP contribution in [0.3, 0.4) is 0 Å². The predicted molar refractivity (Wildman–Crippen MR) is 84.6 cm³/mol. The van der Waals surface area contributed by atoms with Gasteiger partial charge in [-0.05, 0) is 90.9 Å². The molecule has 0 aromatic heterocycles. The number of hydrogen-bond donors (Lipinski definition) is 1. The largest absolute Gasteiger partial charge is 0.399 e. The second kappa shape index (κ2) is 4.26. The molecule has 0 heterocycles. The molecule has 0 saturated heterocycles. The molecule has 1 nitrogen and oxygen atoms in total. The van der Waals surface area contributed by atoms with Crippen molar-refractivity contribution in [3.63, 3.8) is 0 Å². The minimum atomic E-state index is 0.631. The van der Waals surface area contributed by atoms with Crippen LogP contribution < -0.4 is 5.73 Å². The van der Waals surface area contributed by atoms with Gasteiger partial charge >= 0.3 is 0 Å². The highest BCUT2D eigenvalue weighted by Crippen LogP contribution is 2.62. The smallest absolute Gasteiger partial charge is 0.0316 e. The van der Waals surface area contributed by atoms with Gasteiger partial charge < -0.3 is 5.73 Å². The van der Waals surface area contributed by atoms with Crippen molar-refractivity contribution < 1.29 is 0 Å². The van der Waals surface area contributed by atoms with Gasteiger partial charge in [0.1, 0.15) is 0 Å². The second-order valence-electron chi connectivity index (χ2n) is 7.90. The van der Waals surface area contributed by atoms with Crippen molar-refractivity contribution in [2.75, 3.05) is 5.73 Å². The first-order chi connectivity index (χ1) is 9.59. The molecule has 1 aromatic rings. The second-order valence-corrected chi connectivity index (χ2v) is 7.90. The highest BCUT2D eigenvalue weighted by atomic mass is 14.6. The van der Waals surface area contributed by atoms with Crippen LogP contribution in [-0.2, 0) is 6.42 Å². The van der Waals surface area contributed by atoms with E-state index in [0.717, 1.165) is 29.4 Å². The molecule has 4 rings (SSSR count). The van der Waals surface area contributed by atoms with E-state index in [1.165, 1.54) is 38.5 Å². The number of nitrogens with two attached hydrogens (primary N) is 1. The normalized spacial score (nSPS) is 42.7. The summed E-state index contributed by atoms with van der Waals surface area (Å²) in [4.78, 5) is 0. The molecule has 4 unspecified atom stereocenters. The minimum Gasteiger partial charge on any atom is -0.399 e. The van der Waals surface area contributed by atoms with Gasteiger partial charge in [0.25, 0.3) is 0 Å². The van der Waals surface area contributed by atoms with E-state index in [4.69, 9.17) is 5.73 Å². The third-order valence-electron chi connectivity index (χ3n) is 7.22. The number of aryl methyl sites for hydroxylation is 1. The zero-order valence-corrected chi connectivity index (χ0v) is 12.9. The van der Waals surface area contributed by atoms with Crippen LogP contribution in [-0.4, -0.2) is 0 Å². The summed E-state index contributed by atoms with van der Waals surface area (Å²) in [7, 11) is 0. The maximum atomic E-state index is 5.97. The van der Waals surface area contributed by atoms with E-state index in [0.29, 0.717) is 5.41 Å². The Morgan fingerprint density at radius 2 is 2.00 bits per heavy atom. The fraction of sp³-hybridized carbons (Fsp3) is 0.684. The van der Waals surface area contributed by atoms with Gasteiger partial charge in [-0.1, -0.05) is 19.9 Å². The summed E-state index contributed by atoms with van der Waals surface area (Å²) in [5.74, 6) is 3.67. The maximum absolute atomic E-state index is 5.97. The fourth-order valence-corrected chi connectivity index (χ4v) is 5.86. The van der Waals surface area contributed by atoms with E-state index in [2.05, 4.69) is 32.0 Å². The highest BCUT2D eigenvalue weighted by molar-refractivity contribution is 5.47. The van der Waals surface area contributed by atoms with E-state index in [-0.39, 0.29) is 0 Å². The van der Waals surface area contributed by atoms with Gasteiger partial charge in [-0.25, -0.2) is 0 Å². The molecule has 108 valence electrons. The summed E-state index contributed by atoms with van der Waals surface area (Å²) >= 11 is 0. The fourth-order valence-electron chi connectivity index (χ4n) is 5.86. The lowest BCUT2D eigenvalue weighted by molar-refractivity contribution is 0.0337. The average Bonchev–Trinajstić information content (AvgIpc) is 2.74. The first-order valence-corrected chi connectivity index (χ1v) is 8.48. The molecule has 3 aliphatic rings. The Morgan fingerprint density at radius 3 is 2.85 bits per heavy atom. The van der Waals surface area contributed by atoms with Crippen molar-refractivity contribution in [3.8, 4) is 0 Å². The molecule has 2 N–H and O–H groups in total. The monoisotopic (exact) mass is 269 g/mol. The van der Waals surface area contributed by atoms with E-state index < -0.39 is 0 Å². The molecule has 0 radical (unpaired) electrons. The SMILES string of the molecule is CC1CCC2C3CCc4cc(N)ccc4C3CC[C@]12C. The third-order valence-corrected chi connectivity index (χ3v) is 7.22. The van der Waals surface area contributed by atoms with Gasteiger partial charge in [0.15, 0.2) is 0 Å². The Labute approximate surface area is 122 Å². The molecule has 2 fully saturated rings.